The van der Waals surface area contributed by atoms with Crippen molar-refractivity contribution >= 4 is 32.1 Å². The zero-order valence-electron chi connectivity index (χ0n) is 11.7. The summed E-state index contributed by atoms with van der Waals surface area (Å²) in [6.45, 7) is 3.22. The number of rotatable bonds is 6. The molecule has 0 spiro atoms. The molecule has 106 valence electrons. The maximum atomic E-state index is 4.35. The number of nitrogens with zero attached hydrogens (tertiary/aromatic N) is 3. The van der Waals surface area contributed by atoms with Gasteiger partial charge in [0, 0.05) is 33.8 Å². The van der Waals surface area contributed by atoms with Crippen LogP contribution in [-0.4, -0.2) is 21.3 Å². The van der Waals surface area contributed by atoms with E-state index in [4.69, 9.17) is 0 Å². The summed E-state index contributed by atoms with van der Waals surface area (Å²) in [6.07, 6.45) is 3.64. The second-order valence-electron chi connectivity index (χ2n) is 4.81. The molecule has 3 aromatic rings. The predicted octanol–water partition coefficient (Wildman–Crippen LogP) is 3.37. The van der Waals surface area contributed by atoms with Gasteiger partial charge in [-0.1, -0.05) is 6.92 Å². The third-order valence-corrected chi connectivity index (χ3v) is 5.54. The smallest absolute Gasteiger partial charge is 0.138 e. The summed E-state index contributed by atoms with van der Waals surface area (Å²) in [5, 5.41) is 9.95. The number of aryl methyl sites for hydroxylation is 1. The summed E-state index contributed by atoms with van der Waals surface area (Å²) in [5.74, 6) is 1.02. The molecule has 6 heteroatoms. The molecule has 4 nitrogen and oxygen atoms in total. The second kappa shape index (κ2) is 6.03. The van der Waals surface area contributed by atoms with Crippen LogP contribution in [0.15, 0.2) is 23.8 Å². The summed E-state index contributed by atoms with van der Waals surface area (Å²) in [7, 11) is 1.95. The van der Waals surface area contributed by atoms with Gasteiger partial charge in [-0.3, -0.25) is 4.68 Å². The molecule has 0 aliphatic carbocycles. The van der Waals surface area contributed by atoms with Gasteiger partial charge in [-0.15, -0.1) is 22.7 Å². The Labute approximate surface area is 126 Å². The first kappa shape index (κ1) is 13.7. The molecule has 3 aromatic heterocycles. The fourth-order valence-electron chi connectivity index (χ4n) is 2.24. The van der Waals surface area contributed by atoms with Crippen molar-refractivity contribution in [3.8, 4) is 0 Å². The zero-order valence-corrected chi connectivity index (χ0v) is 13.3. The molecular weight excluding hydrogens is 288 g/mol. The van der Waals surface area contributed by atoms with E-state index in [2.05, 4.69) is 39.8 Å². The molecule has 1 N–H and O–H groups in total. The summed E-state index contributed by atoms with van der Waals surface area (Å²) in [6, 6.07) is 4.84. The Bertz CT molecular complexity index is 654. The number of thiophene rings is 2. The Hall–Kier alpha value is -1.24. The fourth-order valence-corrected chi connectivity index (χ4v) is 4.43. The summed E-state index contributed by atoms with van der Waals surface area (Å²) < 4.78 is 4.62. The molecule has 0 aromatic carbocycles. The molecule has 1 atom stereocenters. The normalized spacial score (nSPS) is 13.1. The van der Waals surface area contributed by atoms with Crippen LogP contribution in [0.25, 0.3) is 9.40 Å². The van der Waals surface area contributed by atoms with Crippen LogP contribution in [0.5, 0.6) is 0 Å². The first-order valence-corrected chi connectivity index (χ1v) is 8.50. The second-order valence-corrected chi connectivity index (χ2v) is 6.87. The highest BCUT2D eigenvalue weighted by molar-refractivity contribution is 7.26. The van der Waals surface area contributed by atoms with Gasteiger partial charge < -0.3 is 5.32 Å². The van der Waals surface area contributed by atoms with E-state index < -0.39 is 0 Å². The first-order chi connectivity index (χ1) is 9.78. The Morgan fingerprint density at radius 2 is 2.30 bits per heavy atom. The third kappa shape index (κ3) is 2.77. The van der Waals surface area contributed by atoms with E-state index in [0.29, 0.717) is 6.04 Å². The lowest BCUT2D eigenvalue weighted by molar-refractivity contribution is 0.513. The molecule has 0 radical (unpaired) electrons. The van der Waals surface area contributed by atoms with E-state index in [1.54, 1.807) is 6.33 Å². The SMILES string of the molecule is CCCNC(Cc1ncnn1C)c1cc2sccc2s1. The van der Waals surface area contributed by atoms with E-state index in [1.807, 2.05) is 34.4 Å². The van der Waals surface area contributed by atoms with Crippen molar-refractivity contribution in [3.63, 3.8) is 0 Å². The van der Waals surface area contributed by atoms with Gasteiger partial charge in [-0.05, 0) is 30.5 Å². The number of hydrogen-bond donors (Lipinski definition) is 1. The predicted molar refractivity (Wildman–Crippen MR) is 85.4 cm³/mol. The Kier molecular flexibility index (Phi) is 4.14. The van der Waals surface area contributed by atoms with Gasteiger partial charge >= 0.3 is 0 Å². The van der Waals surface area contributed by atoms with Gasteiger partial charge in [0.1, 0.15) is 12.2 Å². The number of nitrogens with one attached hydrogen (secondary N) is 1. The van der Waals surface area contributed by atoms with Crippen LogP contribution in [-0.2, 0) is 13.5 Å². The van der Waals surface area contributed by atoms with Crippen LogP contribution in [0, 0.1) is 0 Å². The lowest BCUT2D eigenvalue weighted by Crippen LogP contribution is -2.24. The molecule has 3 heterocycles. The zero-order chi connectivity index (χ0) is 13.9. The molecule has 0 aliphatic rings. The van der Waals surface area contributed by atoms with E-state index >= 15 is 0 Å². The van der Waals surface area contributed by atoms with Gasteiger partial charge in [0.2, 0.25) is 0 Å². The topological polar surface area (TPSA) is 42.7 Å². The van der Waals surface area contributed by atoms with Crippen molar-refractivity contribution < 1.29 is 0 Å². The van der Waals surface area contributed by atoms with E-state index in [9.17, 15) is 0 Å². The molecule has 1 unspecified atom stereocenters. The lowest BCUT2D eigenvalue weighted by atomic mass is 10.1. The largest absolute Gasteiger partial charge is 0.309 e. The Morgan fingerprint density at radius 1 is 1.40 bits per heavy atom. The van der Waals surface area contributed by atoms with Crippen molar-refractivity contribution in [1.82, 2.24) is 20.1 Å². The van der Waals surface area contributed by atoms with Crippen LogP contribution < -0.4 is 5.32 Å². The molecule has 0 bridgehead atoms. The molecule has 0 amide bonds. The maximum absolute atomic E-state index is 4.35. The highest BCUT2D eigenvalue weighted by atomic mass is 32.1. The Morgan fingerprint density at radius 3 is 3.00 bits per heavy atom. The molecular formula is C14H18N4S2. The summed E-state index contributed by atoms with van der Waals surface area (Å²) in [4.78, 5) is 5.74. The van der Waals surface area contributed by atoms with Crippen molar-refractivity contribution in [1.29, 1.82) is 0 Å². The fraction of sp³-hybridized carbons (Fsp3) is 0.429. The van der Waals surface area contributed by atoms with E-state index in [-0.39, 0.29) is 0 Å². The summed E-state index contributed by atoms with van der Waals surface area (Å²) in [5.41, 5.74) is 0. The monoisotopic (exact) mass is 306 g/mol. The highest BCUT2D eigenvalue weighted by Gasteiger charge is 2.17. The number of fused-ring (bicyclic) bond motifs is 1. The Balaban J connectivity index is 1.85. The van der Waals surface area contributed by atoms with E-state index in [1.165, 1.54) is 14.3 Å². The van der Waals surface area contributed by atoms with Gasteiger partial charge in [0.05, 0.1) is 0 Å². The van der Waals surface area contributed by atoms with Gasteiger partial charge in [-0.25, -0.2) is 4.98 Å². The van der Waals surface area contributed by atoms with Gasteiger partial charge in [0.15, 0.2) is 0 Å². The minimum Gasteiger partial charge on any atom is -0.309 e. The quantitative estimate of drug-likeness (QED) is 0.759. The van der Waals surface area contributed by atoms with Crippen molar-refractivity contribution in [2.24, 2.45) is 7.05 Å². The molecule has 0 saturated heterocycles. The molecule has 0 aliphatic heterocycles. The van der Waals surface area contributed by atoms with Crippen LogP contribution in [0.3, 0.4) is 0 Å². The number of aromatic nitrogens is 3. The minimum absolute atomic E-state index is 0.322. The molecule has 3 rings (SSSR count). The summed E-state index contributed by atoms with van der Waals surface area (Å²) >= 11 is 3.69. The van der Waals surface area contributed by atoms with Crippen molar-refractivity contribution in [2.45, 2.75) is 25.8 Å². The van der Waals surface area contributed by atoms with Crippen LogP contribution in [0.4, 0.5) is 0 Å². The molecule has 20 heavy (non-hydrogen) atoms. The third-order valence-electron chi connectivity index (χ3n) is 3.33. The number of hydrogen-bond acceptors (Lipinski definition) is 5. The standard InChI is InChI=1S/C14H18N4S2/c1-3-5-15-10(7-14-16-9-17-18(14)2)12-8-13-11(20-12)4-6-19-13/h4,6,8-10,15H,3,5,7H2,1-2H3. The average Bonchev–Trinajstić information content (AvgIpc) is 3.10. The lowest BCUT2D eigenvalue weighted by Gasteiger charge is -2.16. The first-order valence-electron chi connectivity index (χ1n) is 6.81. The van der Waals surface area contributed by atoms with Crippen LogP contribution >= 0.6 is 22.7 Å². The maximum Gasteiger partial charge on any atom is 0.138 e. The van der Waals surface area contributed by atoms with Crippen molar-refractivity contribution in [2.75, 3.05) is 6.54 Å². The van der Waals surface area contributed by atoms with Crippen LogP contribution in [0.2, 0.25) is 0 Å². The minimum atomic E-state index is 0.322. The van der Waals surface area contributed by atoms with E-state index in [0.717, 1.165) is 25.2 Å². The van der Waals surface area contributed by atoms with Gasteiger partial charge in [0.25, 0.3) is 0 Å². The molecule has 0 saturated carbocycles. The van der Waals surface area contributed by atoms with Crippen molar-refractivity contribution in [3.05, 3.63) is 34.5 Å². The average molecular weight is 306 g/mol. The van der Waals surface area contributed by atoms with Gasteiger partial charge in [-0.2, -0.15) is 5.10 Å². The highest BCUT2D eigenvalue weighted by Crippen LogP contribution is 2.34. The molecule has 0 fully saturated rings. The van der Waals surface area contributed by atoms with Crippen LogP contribution in [0.1, 0.15) is 30.1 Å².